The molecule has 0 bridgehead atoms. The molecule has 0 atom stereocenters. The Hall–Kier alpha value is 3.53. The van der Waals surface area contributed by atoms with E-state index in [0.29, 0.717) is 0 Å². The van der Waals surface area contributed by atoms with Crippen LogP contribution < -0.4 is 0 Å². The third kappa shape index (κ3) is 9.11. The second-order valence-electron chi connectivity index (χ2n) is 0. The van der Waals surface area contributed by atoms with Gasteiger partial charge in [0.1, 0.15) is 0 Å². The van der Waals surface area contributed by atoms with Crippen molar-refractivity contribution in [3.63, 3.8) is 0 Å². The van der Waals surface area contributed by atoms with Gasteiger partial charge in [-0.3, -0.25) is 10.5 Å². The van der Waals surface area contributed by atoms with Crippen molar-refractivity contribution in [3.05, 3.63) is 0 Å². The molecule has 18 valence electrons. The van der Waals surface area contributed by atoms with Crippen molar-refractivity contribution in [1.29, 1.82) is 0 Å². The summed E-state index contributed by atoms with van der Waals surface area (Å²) in [4.78, 5) is 0. The molecule has 0 amide bonds. The molecule has 0 aliphatic carbocycles. The molecule has 0 aliphatic heterocycles. The van der Waals surface area contributed by atoms with E-state index in [2.05, 4.69) is 0 Å². The van der Waals surface area contributed by atoms with E-state index in [1.165, 1.54) is 0 Å². The first kappa shape index (κ1) is 15.6. The maximum absolute atomic E-state index is 6.00. The van der Waals surface area contributed by atoms with Crippen molar-refractivity contribution in [1.82, 2.24) is 0 Å². The van der Waals surface area contributed by atoms with E-state index in [9.17, 15) is 0 Å². The number of hydrogen-bond acceptors (Lipinski definition) is 2. The zero-order chi connectivity index (χ0) is 2.00. The molecule has 4 heavy (non-hydrogen) atoms. The van der Waals surface area contributed by atoms with Crippen molar-refractivity contribution in [2.24, 2.45) is 0 Å². The van der Waals surface area contributed by atoms with Crippen molar-refractivity contribution in [2.45, 2.75) is 0 Å². The first-order chi connectivity index (χ1) is 1.00. The Labute approximate surface area is 122 Å². The fourth-order valence-corrected chi connectivity index (χ4v) is 0. The zero-order valence-electron chi connectivity index (χ0n) is 0.894. The van der Waals surface area contributed by atoms with Gasteiger partial charge in [0.25, 0.3) is 0 Å². The van der Waals surface area contributed by atoms with Gasteiger partial charge in [0.05, 0.1) is 0 Å². The van der Waals surface area contributed by atoms with E-state index in [0.717, 1.165) is 0 Å². The molecule has 0 fully saturated rings. The summed E-state index contributed by atoms with van der Waals surface area (Å²) in [6, 6.07) is 0. The van der Waals surface area contributed by atoms with Gasteiger partial charge < -0.3 is 0 Å². The van der Waals surface area contributed by atoms with Gasteiger partial charge in [-0.25, -0.2) is 0 Å². The molecule has 2 nitrogen and oxygen atoms in total. The molecule has 0 saturated carbocycles. The van der Waals surface area contributed by atoms with Crippen LogP contribution in [-0.4, -0.2) is 127 Å². The Morgan fingerprint density at radius 1 is 0.750 bits per heavy atom. The summed E-state index contributed by atoms with van der Waals surface area (Å²) in [6.45, 7) is 0. The Kier molecular flexibility index (Phi) is 62.7. The Morgan fingerprint density at radius 2 is 0.750 bits per heavy atom. The van der Waals surface area contributed by atoms with Gasteiger partial charge in [-0.05, 0) is 0 Å². The monoisotopic (exact) mass is 206 g/mol. The molecule has 0 aliphatic rings. The zero-order valence-corrected chi connectivity index (χ0v) is 0.894. The molecule has 0 saturated heterocycles. The minimum absolute atomic E-state index is 0. The van der Waals surface area contributed by atoms with Crippen LogP contribution in [0.5, 0.6) is 0 Å². The van der Waals surface area contributed by atoms with Crippen molar-refractivity contribution >= 4 is 116 Å². The third-order valence-corrected chi connectivity index (χ3v) is 0. The van der Waals surface area contributed by atoms with Crippen molar-refractivity contribution < 1.29 is 10.5 Å². The second-order valence-corrected chi connectivity index (χ2v) is 0. The Balaban J connectivity index is -0.00000000500. The summed E-state index contributed by atoms with van der Waals surface area (Å²) in [5, 5.41) is 12.0. The van der Waals surface area contributed by atoms with Crippen LogP contribution in [-0.2, 0) is 0 Å². The minimum atomic E-state index is 0. The molecule has 0 heterocycles. The van der Waals surface area contributed by atoms with Crippen LogP contribution in [0, 0.1) is 0 Å². The first-order valence-corrected chi connectivity index (χ1v) is 0.200. The third-order valence-electron chi connectivity index (χ3n) is 0. The van der Waals surface area contributed by atoms with E-state index in [1.807, 2.05) is 0 Å². The fourth-order valence-electron chi connectivity index (χ4n) is 0. The van der Waals surface area contributed by atoms with Gasteiger partial charge in [-0.1, -0.05) is 0 Å². The Bertz CT molecular complexity index is 4.00. The van der Waals surface area contributed by atoms with E-state index in [1.54, 1.807) is 0 Å². The molecule has 0 unspecified atom stereocenters. The van der Waals surface area contributed by atoms with Crippen LogP contribution in [0.4, 0.5) is 0 Å². The number of rotatable bonds is 0. The van der Waals surface area contributed by atoms with Crippen LogP contribution in [0.2, 0.25) is 0 Å². The fraction of sp³-hybridized carbons (Fsp3) is 0. The predicted octanol–water partition coefficient (Wildman–Crippen LogP) is -1.28. The first-order valence-electron chi connectivity index (χ1n) is 0.200. The van der Waals surface area contributed by atoms with Gasteiger partial charge >= 0.3 is 116 Å². The Morgan fingerprint density at radius 3 is 0.750 bits per heavy atom. The molecule has 0 radical (unpaired) electrons. The van der Waals surface area contributed by atoms with Crippen molar-refractivity contribution in [2.75, 3.05) is 0 Å². The van der Waals surface area contributed by atoms with E-state index in [4.69, 9.17) is 10.5 Å². The SMILES string of the molecule is OO.[RbH].[RbH]. The summed E-state index contributed by atoms with van der Waals surface area (Å²) in [5.41, 5.74) is 0. The maximum atomic E-state index is 6.00. The van der Waals surface area contributed by atoms with Crippen LogP contribution in [0.1, 0.15) is 0 Å². The summed E-state index contributed by atoms with van der Waals surface area (Å²) in [7, 11) is 0. The molecule has 0 rings (SSSR count). The average Bonchev–Trinajstić information content (AvgIpc) is 1.00. The van der Waals surface area contributed by atoms with Gasteiger partial charge in [-0.15, -0.1) is 0 Å². The van der Waals surface area contributed by atoms with Crippen LogP contribution in [0.15, 0.2) is 0 Å². The molecule has 0 spiro atoms. The molecule has 0 aromatic carbocycles. The normalized spacial score (nSPS) is 1.50. The van der Waals surface area contributed by atoms with Crippen LogP contribution in [0.3, 0.4) is 0 Å². The summed E-state index contributed by atoms with van der Waals surface area (Å²) < 4.78 is 0. The molecule has 4 heteroatoms. The second kappa shape index (κ2) is 16.0. The van der Waals surface area contributed by atoms with Crippen LogP contribution >= 0.6 is 0 Å². The quantitative estimate of drug-likeness (QED) is 0.383. The average molecular weight is 207 g/mol. The standard InChI is InChI=1S/H2O2.2Rb.2H/c1-2;;;;/h1-2H;;;;. The van der Waals surface area contributed by atoms with Crippen LogP contribution in [0.25, 0.3) is 0 Å². The molecule has 2 N–H and O–H groups in total. The predicted molar refractivity (Wildman–Crippen MR) is 19.6 cm³/mol. The topological polar surface area (TPSA) is 40.5 Å². The molecular weight excluding hydrogens is 203 g/mol. The summed E-state index contributed by atoms with van der Waals surface area (Å²) in [6.07, 6.45) is 0. The van der Waals surface area contributed by atoms with Crippen molar-refractivity contribution in [3.8, 4) is 0 Å². The van der Waals surface area contributed by atoms with Gasteiger partial charge in [0.15, 0.2) is 0 Å². The molecule has 0 aromatic rings. The molecular formula is H4O2Rb2. The van der Waals surface area contributed by atoms with E-state index >= 15 is 0 Å². The summed E-state index contributed by atoms with van der Waals surface area (Å²) in [5.74, 6) is 0. The van der Waals surface area contributed by atoms with E-state index in [-0.39, 0.29) is 116 Å². The van der Waals surface area contributed by atoms with Gasteiger partial charge in [0.2, 0.25) is 0 Å². The van der Waals surface area contributed by atoms with E-state index < -0.39 is 0 Å². The van der Waals surface area contributed by atoms with Gasteiger partial charge in [-0.2, -0.15) is 0 Å². The van der Waals surface area contributed by atoms with Gasteiger partial charge in [0, 0.05) is 0 Å². The number of hydrogen-bond donors (Lipinski definition) is 2. The molecule has 0 aromatic heterocycles. The summed E-state index contributed by atoms with van der Waals surface area (Å²) >= 11 is 0.